The molecule has 0 bridgehead atoms. The van der Waals surface area contributed by atoms with Gasteiger partial charge in [0, 0.05) is 5.57 Å². The Morgan fingerprint density at radius 3 is 2.44 bits per heavy atom. The van der Waals surface area contributed by atoms with Crippen LogP contribution in [0.25, 0.3) is 0 Å². The lowest BCUT2D eigenvalue weighted by Gasteiger charge is -1.93. The molecule has 0 unspecified atom stereocenters. The van der Waals surface area contributed by atoms with Gasteiger partial charge in [-0.2, -0.15) is 0 Å². The van der Waals surface area contributed by atoms with E-state index < -0.39 is 0 Å². The summed E-state index contributed by atoms with van der Waals surface area (Å²) < 4.78 is 0. The first-order valence-corrected chi connectivity index (χ1v) is 2.55. The predicted octanol–water partition coefficient (Wildman–Crippen LogP) is 2.08. The molecule has 2 heteroatoms. The van der Waals surface area contributed by atoms with Gasteiger partial charge in [0.1, 0.15) is 5.76 Å². The highest BCUT2D eigenvalue weighted by Crippen LogP contribution is 2.02. The molecule has 0 saturated heterocycles. The van der Waals surface area contributed by atoms with Gasteiger partial charge in [0.15, 0.2) is 0 Å². The highest BCUT2D eigenvalue weighted by Gasteiger charge is 1.91. The molecule has 0 radical (unpaired) electrons. The summed E-state index contributed by atoms with van der Waals surface area (Å²) in [5.74, 6) is 0.0347. The summed E-state index contributed by atoms with van der Waals surface area (Å²) >= 11 is 0. The molecular formula is C7H10O2. The van der Waals surface area contributed by atoms with E-state index in [4.69, 9.17) is 10.2 Å². The van der Waals surface area contributed by atoms with Gasteiger partial charge >= 0.3 is 0 Å². The van der Waals surface area contributed by atoms with Crippen LogP contribution >= 0.6 is 0 Å². The lowest BCUT2D eigenvalue weighted by molar-refractivity contribution is 0.408. The van der Waals surface area contributed by atoms with Gasteiger partial charge in [0.25, 0.3) is 0 Å². The Morgan fingerprint density at radius 2 is 2.11 bits per heavy atom. The maximum Gasteiger partial charge on any atom is 0.121 e. The van der Waals surface area contributed by atoms with E-state index in [2.05, 4.69) is 6.58 Å². The molecule has 0 rings (SSSR count). The molecule has 0 aliphatic rings. The van der Waals surface area contributed by atoms with E-state index in [-0.39, 0.29) is 5.76 Å². The molecule has 0 aliphatic heterocycles. The second-order valence-corrected chi connectivity index (χ2v) is 1.60. The minimum Gasteiger partial charge on any atom is -0.515 e. The lowest BCUT2D eigenvalue weighted by atomic mass is 10.2. The molecule has 0 aromatic rings. The minimum absolute atomic E-state index is 0.0347. The smallest absolute Gasteiger partial charge is 0.121 e. The number of aliphatic hydroxyl groups is 2. The van der Waals surface area contributed by atoms with Gasteiger partial charge in [-0.25, -0.2) is 0 Å². The molecule has 0 amide bonds. The van der Waals surface area contributed by atoms with E-state index >= 15 is 0 Å². The Morgan fingerprint density at radius 1 is 1.56 bits per heavy atom. The molecule has 0 saturated carbocycles. The Hall–Kier alpha value is -1.18. The van der Waals surface area contributed by atoms with E-state index in [1.807, 2.05) is 0 Å². The molecule has 0 spiro atoms. The summed E-state index contributed by atoms with van der Waals surface area (Å²) in [5.41, 5.74) is 0.426. The fourth-order valence-electron chi connectivity index (χ4n) is 0.309. The van der Waals surface area contributed by atoms with Crippen molar-refractivity contribution < 1.29 is 10.2 Å². The summed E-state index contributed by atoms with van der Waals surface area (Å²) in [7, 11) is 0. The Balaban J connectivity index is 4.19. The van der Waals surface area contributed by atoms with Crippen molar-refractivity contribution in [2.75, 3.05) is 0 Å². The van der Waals surface area contributed by atoms with Crippen molar-refractivity contribution in [3.05, 3.63) is 36.3 Å². The standard InChI is InChI=1S/C7H10O2/c1-3-4-7(9)6(2)5-8/h3-5,8-9H,1H2,2H3/b6-5+,7-4+. The van der Waals surface area contributed by atoms with Gasteiger partial charge in [0.05, 0.1) is 6.26 Å². The zero-order valence-corrected chi connectivity index (χ0v) is 5.33. The summed E-state index contributed by atoms with van der Waals surface area (Å²) in [5, 5.41) is 17.2. The number of hydrogen-bond acceptors (Lipinski definition) is 2. The fraction of sp³-hybridized carbons (Fsp3) is 0.143. The van der Waals surface area contributed by atoms with Crippen LogP contribution in [0.2, 0.25) is 0 Å². The highest BCUT2D eigenvalue weighted by atomic mass is 16.3. The van der Waals surface area contributed by atoms with Gasteiger partial charge in [-0.3, -0.25) is 0 Å². The first-order chi connectivity index (χ1) is 4.22. The van der Waals surface area contributed by atoms with Crippen LogP contribution < -0.4 is 0 Å². The van der Waals surface area contributed by atoms with Crippen molar-refractivity contribution in [3.63, 3.8) is 0 Å². The molecule has 0 aliphatic carbocycles. The largest absolute Gasteiger partial charge is 0.515 e. The van der Waals surface area contributed by atoms with E-state index in [9.17, 15) is 0 Å². The molecule has 2 N–H and O–H groups in total. The Bertz CT molecular complexity index is 154. The first kappa shape index (κ1) is 7.82. The fourth-order valence-corrected chi connectivity index (χ4v) is 0.309. The van der Waals surface area contributed by atoms with Gasteiger partial charge in [-0.1, -0.05) is 12.7 Å². The summed E-state index contributed by atoms with van der Waals surface area (Å²) in [6, 6.07) is 0. The third-order valence-electron chi connectivity index (χ3n) is 0.873. The lowest BCUT2D eigenvalue weighted by Crippen LogP contribution is -1.81. The van der Waals surface area contributed by atoms with Crippen molar-refractivity contribution in [2.45, 2.75) is 6.92 Å². The Labute approximate surface area is 54.4 Å². The maximum absolute atomic E-state index is 8.88. The van der Waals surface area contributed by atoms with E-state index in [1.54, 1.807) is 6.92 Å². The zero-order chi connectivity index (χ0) is 7.28. The predicted molar refractivity (Wildman–Crippen MR) is 37.3 cm³/mol. The van der Waals surface area contributed by atoms with Crippen LogP contribution in [0.1, 0.15) is 6.92 Å². The van der Waals surface area contributed by atoms with E-state index in [1.165, 1.54) is 12.2 Å². The number of aliphatic hydroxyl groups excluding tert-OH is 2. The number of rotatable bonds is 2. The molecule has 0 atom stereocenters. The average Bonchev–Trinajstić information content (AvgIpc) is 1.87. The van der Waals surface area contributed by atoms with Crippen LogP contribution in [0.3, 0.4) is 0 Å². The van der Waals surface area contributed by atoms with Crippen molar-refractivity contribution in [1.29, 1.82) is 0 Å². The molecule has 0 aromatic heterocycles. The maximum atomic E-state index is 8.88. The van der Waals surface area contributed by atoms with Gasteiger partial charge in [-0.15, -0.1) is 0 Å². The number of allylic oxidation sites excluding steroid dienone is 3. The summed E-state index contributed by atoms with van der Waals surface area (Å²) in [4.78, 5) is 0. The number of hydrogen-bond donors (Lipinski definition) is 2. The van der Waals surface area contributed by atoms with Crippen molar-refractivity contribution in [3.8, 4) is 0 Å². The van der Waals surface area contributed by atoms with Crippen LogP contribution in [0.4, 0.5) is 0 Å². The molecule has 0 heterocycles. The van der Waals surface area contributed by atoms with Crippen LogP contribution in [-0.4, -0.2) is 10.2 Å². The van der Waals surface area contributed by atoms with Crippen molar-refractivity contribution >= 4 is 0 Å². The summed E-state index contributed by atoms with van der Waals surface area (Å²) in [6.45, 7) is 4.96. The summed E-state index contributed by atoms with van der Waals surface area (Å²) in [6.07, 6.45) is 3.69. The Kier molecular flexibility index (Phi) is 3.28. The molecule has 50 valence electrons. The molecule has 9 heavy (non-hydrogen) atoms. The zero-order valence-electron chi connectivity index (χ0n) is 5.33. The normalized spacial score (nSPS) is 13.4. The monoisotopic (exact) mass is 126 g/mol. The van der Waals surface area contributed by atoms with Crippen LogP contribution in [0.15, 0.2) is 36.3 Å². The molecular weight excluding hydrogens is 116 g/mol. The second-order valence-electron chi connectivity index (χ2n) is 1.60. The van der Waals surface area contributed by atoms with Gasteiger partial charge in [0.2, 0.25) is 0 Å². The molecule has 0 aromatic carbocycles. The highest BCUT2D eigenvalue weighted by molar-refractivity contribution is 5.23. The van der Waals surface area contributed by atoms with Crippen molar-refractivity contribution in [2.24, 2.45) is 0 Å². The average molecular weight is 126 g/mol. The SMILES string of the molecule is C=C/C=C(O)\C(C)=C\O. The minimum atomic E-state index is 0.0347. The van der Waals surface area contributed by atoms with Gasteiger partial charge < -0.3 is 10.2 Å². The van der Waals surface area contributed by atoms with E-state index in [0.29, 0.717) is 5.57 Å². The quantitative estimate of drug-likeness (QED) is 0.439. The molecule has 2 nitrogen and oxygen atoms in total. The third kappa shape index (κ3) is 2.59. The second kappa shape index (κ2) is 3.78. The van der Waals surface area contributed by atoms with Crippen LogP contribution in [0, 0.1) is 0 Å². The van der Waals surface area contributed by atoms with Crippen LogP contribution in [0.5, 0.6) is 0 Å². The third-order valence-corrected chi connectivity index (χ3v) is 0.873. The first-order valence-electron chi connectivity index (χ1n) is 2.55. The molecule has 0 fully saturated rings. The van der Waals surface area contributed by atoms with Gasteiger partial charge in [-0.05, 0) is 13.0 Å². The topological polar surface area (TPSA) is 40.5 Å². The van der Waals surface area contributed by atoms with Crippen molar-refractivity contribution in [1.82, 2.24) is 0 Å². The van der Waals surface area contributed by atoms with Crippen LogP contribution in [-0.2, 0) is 0 Å². The van der Waals surface area contributed by atoms with E-state index in [0.717, 1.165) is 6.26 Å².